The smallest absolute Gasteiger partial charge is 0.338 e. The Kier molecular flexibility index (Phi) is 4.29. The predicted molar refractivity (Wildman–Crippen MR) is 82.6 cm³/mol. The molecule has 0 bridgehead atoms. The van der Waals surface area contributed by atoms with Crippen molar-refractivity contribution in [3.05, 3.63) is 58.8 Å². The van der Waals surface area contributed by atoms with Crippen molar-refractivity contribution < 1.29 is 14.1 Å². The third-order valence-electron chi connectivity index (χ3n) is 3.13. The molecule has 0 radical (unpaired) electrons. The lowest BCUT2D eigenvalue weighted by Crippen LogP contribution is -2.05. The van der Waals surface area contributed by atoms with Crippen LogP contribution in [0.5, 0.6) is 0 Å². The standard InChI is InChI=1S/C16H14N2O3S/c1-2-11-5-7-12(8-6-11)16(19)20-10-14-17-15(18-21-14)13-4-3-9-22-13/h3-9H,2,10H2,1H3. The summed E-state index contributed by atoms with van der Waals surface area (Å²) in [4.78, 5) is 17.1. The van der Waals surface area contributed by atoms with Gasteiger partial charge in [0.15, 0.2) is 6.61 Å². The molecule has 0 spiro atoms. The molecule has 0 unspecified atom stereocenters. The number of esters is 1. The Bertz CT molecular complexity index is 748. The van der Waals surface area contributed by atoms with Crippen LogP contribution in [0.1, 0.15) is 28.7 Å². The zero-order valence-corrected chi connectivity index (χ0v) is 12.8. The van der Waals surface area contributed by atoms with Crippen molar-refractivity contribution in [3.8, 4) is 10.7 Å². The maximum absolute atomic E-state index is 11.9. The zero-order valence-electron chi connectivity index (χ0n) is 12.0. The molecule has 2 heterocycles. The highest BCUT2D eigenvalue weighted by atomic mass is 32.1. The molecule has 0 atom stereocenters. The fraction of sp³-hybridized carbons (Fsp3) is 0.188. The Morgan fingerprint density at radius 1 is 1.27 bits per heavy atom. The Balaban J connectivity index is 1.61. The molecule has 0 saturated heterocycles. The van der Waals surface area contributed by atoms with E-state index in [0.717, 1.165) is 11.3 Å². The molecule has 6 heteroatoms. The number of aryl methyl sites for hydroxylation is 1. The summed E-state index contributed by atoms with van der Waals surface area (Å²) in [7, 11) is 0. The highest BCUT2D eigenvalue weighted by Crippen LogP contribution is 2.21. The average Bonchev–Trinajstić information content (AvgIpc) is 3.23. The first kappa shape index (κ1) is 14.5. The first-order valence-electron chi connectivity index (χ1n) is 6.89. The van der Waals surface area contributed by atoms with Crippen molar-refractivity contribution in [2.24, 2.45) is 0 Å². The minimum atomic E-state index is -0.404. The van der Waals surface area contributed by atoms with Crippen molar-refractivity contribution in [2.75, 3.05) is 0 Å². The van der Waals surface area contributed by atoms with Gasteiger partial charge in [0.2, 0.25) is 5.82 Å². The normalized spacial score (nSPS) is 10.6. The third kappa shape index (κ3) is 3.23. The Morgan fingerprint density at radius 2 is 2.09 bits per heavy atom. The van der Waals surface area contributed by atoms with Gasteiger partial charge in [-0.15, -0.1) is 11.3 Å². The van der Waals surface area contributed by atoms with E-state index in [1.807, 2.05) is 29.6 Å². The van der Waals surface area contributed by atoms with Crippen LogP contribution in [0.15, 0.2) is 46.3 Å². The van der Waals surface area contributed by atoms with Gasteiger partial charge in [-0.2, -0.15) is 4.98 Å². The Hall–Kier alpha value is -2.47. The minimum absolute atomic E-state index is 0.0350. The van der Waals surface area contributed by atoms with Crippen molar-refractivity contribution in [3.63, 3.8) is 0 Å². The van der Waals surface area contributed by atoms with Crippen LogP contribution < -0.4 is 0 Å². The molecule has 112 valence electrons. The van der Waals surface area contributed by atoms with E-state index in [9.17, 15) is 4.79 Å². The molecule has 0 amide bonds. The van der Waals surface area contributed by atoms with Gasteiger partial charge in [-0.05, 0) is 35.6 Å². The van der Waals surface area contributed by atoms with E-state index in [-0.39, 0.29) is 12.5 Å². The number of nitrogens with zero attached hydrogens (tertiary/aromatic N) is 2. The molecule has 1 aromatic carbocycles. The van der Waals surface area contributed by atoms with Gasteiger partial charge >= 0.3 is 5.97 Å². The highest BCUT2D eigenvalue weighted by Gasteiger charge is 2.12. The lowest BCUT2D eigenvalue weighted by molar-refractivity contribution is 0.0430. The second-order valence-electron chi connectivity index (χ2n) is 4.62. The second kappa shape index (κ2) is 6.53. The lowest BCUT2D eigenvalue weighted by Gasteiger charge is -2.02. The van der Waals surface area contributed by atoms with Crippen LogP contribution >= 0.6 is 11.3 Å². The van der Waals surface area contributed by atoms with E-state index < -0.39 is 5.97 Å². The van der Waals surface area contributed by atoms with Crippen molar-refractivity contribution in [1.29, 1.82) is 0 Å². The molecule has 0 aliphatic rings. The quantitative estimate of drug-likeness (QED) is 0.672. The van der Waals surface area contributed by atoms with Gasteiger partial charge in [-0.3, -0.25) is 0 Å². The fourth-order valence-corrected chi connectivity index (χ4v) is 2.56. The van der Waals surface area contributed by atoms with E-state index in [2.05, 4.69) is 17.1 Å². The summed E-state index contributed by atoms with van der Waals surface area (Å²) >= 11 is 1.52. The first-order valence-corrected chi connectivity index (χ1v) is 7.76. The van der Waals surface area contributed by atoms with Crippen LogP contribution in [0.3, 0.4) is 0 Å². The monoisotopic (exact) mass is 314 g/mol. The van der Waals surface area contributed by atoms with Crippen molar-refractivity contribution >= 4 is 17.3 Å². The number of aromatic nitrogens is 2. The highest BCUT2D eigenvalue weighted by molar-refractivity contribution is 7.13. The molecule has 3 aromatic rings. The summed E-state index contributed by atoms with van der Waals surface area (Å²) in [5.74, 6) is 0.383. The van der Waals surface area contributed by atoms with Crippen LogP contribution in [0.4, 0.5) is 0 Å². The van der Waals surface area contributed by atoms with Gasteiger partial charge in [-0.25, -0.2) is 4.79 Å². The average molecular weight is 314 g/mol. The van der Waals surface area contributed by atoms with E-state index in [1.165, 1.54) is 16.9 Å². The van der Waals surface area contributed by atoms with Gasteiger partial charge in [0.05, 0.1) is 10.4 Å². The summed E-state index contributed by atoms with van der Waals surface area (Å²) in [6.07, 6.45) is 0.933. The van der Waals surface area contributed by atoms with Crippen LogP contribution in [0.25, 0.3) is 10.7 Å². The van der Waals surface area contributed by atoms with Crippen LogP contribution in [-0.2, 0) is 17.8 Å². The zero-order chi connectivity index (χ0) is 15.4. The molecule has 0 aliphatic heterocycles. The number of carbonyl (C=O) groups is 1. The number of carbonyl (C=O) groups excluding carboxylic acids is 1. The van der Waals surface area contributed by atoms with Crippen LogP contribution in [0.2, 0.25) is 0 Å². The maximum Gasteiger partial charge on any atom is 0.338 e. The van der Waals surface area contributed by atoms with E-state index in [1.54, 1.807) is 12.1 Å². The number of hydrogen-bond donors (Lipinski definition) is 0. The third-order valence-corrected chi connectivity index (χ3v) is 4.00. The van der Waals surface area contributed by atoms with E-state index >= 15 is 0 Å². The fourth-order valence-electron chi connectivity index (χ4n) is 1.91. The van der Waals surface area contributed by atoms with Gasteiger partial charge < -0.3 is 9.26 Å². The summed E-state index contributed by atoms with van der Waals surface area (Å²) in [6.45, 7) is 2.03. The number of benzene rings is 1. The summed E-state index contributed by atoms with van der Waals surface area (Å²) in [6, 6.07) is 11.2. The maximum atomic E-state index is 11.9. The van der Waals surface area contributed by atoms with E-state index in [4.69, 9.17) is 9.26 Å². The Labute approximate surface area is 131 Å². The minimum Gasteiger partial charge on any atom is -0.452 e. The van der Waals surface area contributed by atoms with Crippen LogP contribution in [0, 0.1) is 0 Å². The Morgan fingerprint density at radius 3 is 2.77 bits per heavy atom. The van der Waals surface area contributed by atoms with Gasteiger partial charge in [0.1, 0.15) is 0 Å². The molecule has 0 N–H and O–H groups in total. The van der Waals surface area contributed by atoms with Crippen LogP contribution in [-0.4, -0.2) is 16.1 Å². The SMILES string of the molecule is CCc1ccc(C(=O)OCc2nc(-c3cccs3)no2)cc1. The van der Waals surface area contributed by atoms with E-state index in [0.29, 0.717) is 11.4 Å². The molecule has 0 fully saturated rings. The molecular weight excluding hydrogens is 300 g/mol. The van der Waals surface area contributed by atoms with Crippen molar-refractivity contribution in [1.82, 2.24) is 10.1 Å². The number of rotatable bonds is 5. The van der Waals surface area contributed by atoms with Gasteiger partial charge in [0.25, 0.3) is 5.89 Å². The first-order chi connectivity index (χ1) is 10.8. The largest absolute Gasteiger partial charge is 0.452 e. The molecule has 2 aromatic heterocycles. The lowest BCUT2D eigenvalue weighted by atomic mass is 10.1. The summed E-state index contributed by atoms with van der Waals surface area (Å²) < 4.78 is 10.3. The van der Waals surface area contributed by atoms with Gasteiger partial charge in [-0.1, -0.05) is 30.3 Å². The summed E-state index contributed by atoms with van der Waals surface area (Å²) in [5, 5.41) is 5.80. The van der Waals surface area contributed by atoms with Gasteiger partial charge in [0, 0.05) is 0 Å². The summed E-state index contributed by atoms with van der Waals surface area (Å²) in [5.41, 5.74) is 1.68. The molecule has 0 aliphatic carbocycles. The molecular formula is C16H14N2O3S. The topological polar surface area (TPSA) is 65.2 Å². The van der Waals surface area contributed by atoms with Crippen molar-refractivity contribution in [2.45, 2.75) is 20.0 Å². The second-order valence-corrected chi connectivity index (χ2v) is 5.56. The molecule has 5 nitrogen and oxygen atoms in total. The molecule has 22 heavy (non-hydrogen) atoms. The molecule has 3 rings (SSSR count). The predicted octanol–water partition coefficient (Wildman–Crippen LogP) is 3.72. The molecule has 0 saturated carbocycles. The number of ether oxygens (including phenoxy) is 1. The number of hydrogen-bond acceptors (Lipinski definition) is 6. The number of thiophene rings is 1.